The third kappa shape index (κ3) is 4.54. The Morgan fingerprint density at radius 2 is 2.00 bits per heavy atom. The largest absolute Gasteiger partial charge is 0.370 e. The molecule has 0 bridgehead atoms. The Hall–Kier alpha value is -0.670. The molecule has 102 valence electrons. The van der Waals surface area contributed by atoms with Crippen LogP contribution < -0.4 is 5.32 Å². The number of hydrogen-bond acceptors (Lipinski definition) is 3. The van der Waals surface area contributed by atoms with Gasteiger partial charge in [0, 0.05) is 0 Å². The number of carbonyl (C=O) groups excluding carboxylic acids is 1. The molecule has 3 nitrogen and oxygen atoms in total. The molecule has 3 heteroatoms. The second-order valence-corrected chi connectivity index (χ2v) is 5.37. The van der Waals surface area contributed by atoms with Crippen LogP contribution in [0.2, 0.25) is 0 Å². The molecule has 1 aliphatic heterocycles. The van der Waals surface area contributed by atoms with Gasteiger partial charge in [-0.25, -0.2) is 0 Å². The highest BCUT2D eigenvalue weighted by molar-refractivity contribution is 5.96. The standard InChI is InChI=1S/C15H25NO2/c17-15(12-18-14-8-10-16-11-9-14)13-6-4-2-1-3-5-7-13/h6,14,16H,1-5,7-12H2. The molecule has 1 fully saturated rings. The zero-order chi connectivity index (χ0) is 12.6. The Kier molecular flexibility index (Phi) is 5.88. The highest BCUT2D eigenvalue weighted by atomic mass is 16.5. The Labute approximate surface area is 110 Å². The van der Waals surface area contributed by atoms with E-state index in [1.807, 2.05) is 0 Å². The van der Waals surface area contributed by atoms with Crippen LogP contribution in [0.5, 0.6) is 0 Å². The van der Waals surface area contributed by atoms with Crippen LogP contribution in [0, 0.1) is 0 Å². The summed E-state index contributed by atoms with van der Waals surface area (Å²) in [6, 6.07) is 0. The highest BCUT2D eigenvalue weighted by Crippen LogP contribution is 2.18. The molecule has 0 spiro atoms. The number of hydrogen-bond donors (Lipinski definition) is 1. The lowest BCUT2D eigenvalue weighted by molar-refractivity contribution is -0.122. The van der Waals surface area contributed by atoms with Gasteiger partial charge in [0.25, 0.3) is 0 Å². The molecule has 18 heavy (non-hydrogen) atoms. The topological polar surface area (TPSA) is 38.3 Å². The van der Waals surface area contributed by atoms with Crippen molar-refractivity contribution in [2.24, 2.45) is 0 Å². The van der Waals surface area contributed by atoms with Crippen molar-refractivity contribution in [2.45, 2.75) is 57.5 Å². The average Bonchev–Trinajstić information content (AvgIpc) is 2.37. The predicted molar refractivity (Wildman–Crippen MR) is 72.6 cm³/mol. The molecular weight excluding hydrogens is 226 g/mol. The number of ketones is 1. The van der Waals surface area contributed by atoms with Gasteiger partial charge in [0.1, 0.15) is 6.61 Å². The maximum Gasteiger partial charge on any atom is 0.184 e. The van der Waals surface area contributed by atoms with E-state index in [0.29, 0.717) is 0 Å². The van der Waals surface area contributed by atoms with Crippen LogP contribution in [0.3, 0.4) is 0 Å². The first-order chi connectivity index (χ1) is 8.86. The molecule has 0 aromatic carbocycles. The van der Waals surface area contributed by atoms with Crippen LogP contribution in [0.4, 0.5) is 0 Å². The average molecular weight is 251 g/mol. The summed E-state index contributed by atoms with van der Waals surface area (Å²) in [6.45, 7) is 2.32. The quantitative estimate of drug-likeness (QED) is 0.834. The van der Waals surface area contributed by atoms with E-state index < -0.39 is 0 Å². The van der Waals surface area contributed by atoms with Crippen LogP contribution in [0.1, 0.15) is 51.4 Å². The number of Topliss-reactive ketones (excluding diaryl/α,β-unsaturated/α-hetero) is 1. The third-order valence-electron chi connectivity index (χ3n) is 3.89. The molecule has 1 heterocycles. The molecule has 1 aliphatic carbocycles. The monoisotopic (exact) mass is 251 g/mol. The van der Waals surface area contributed by atoms with Crippen molar-refractivity contribution in [3.05, 3.63) is 11.6 Å². The minimum absolute atomic E-state index is 0.218. The van der Waals surface area contributed by atoms with E-state index in [4.69, 9.17) is 4.74 Å². The number of piperidine rings is 1. The van der Waals surface area contributed by atoms with Crippen molar-refractivity contribution in [1.82, 2.24) is 5.32 Å². The van der Waals surface area contributed by atoms with Crippen molar-refractivity contribution >= 4 is 5.78 Å². The Morgan fingerprint density at radius 3 is 2.83 bits per heavy atom. The maximum absolute atomic E-state index is 12.1. The third-order valence-corrected chi connectivity index (χ3v) is 3.89. The van der Waals surface area contributed by atoms with E-state index >= 15 is 0 Å². The van der Waals surface area contributed by atoms with Crippen LogP contribution >= 0.6 is 0 Å². The van der Waals surface area contributed by atoms with Gasteiger partial charge in [-0.15, -0.1) is 0 Å². The molecule has 2 rings (SSSR count). The predicted octanol–water partition coefficient (Wildman–Crippen LogP) is 2.60. The fourth-order valence-electron chi connectivity index (χ4n) is 2.69. The minimum atomic E-state index is 0.218. The second-order valence-electron chi connectivity index (χ2n) is 5.37. The molecule has 0 radical (unpaired) electrons. The van der Waals surface area contributed by atoms with Crippen LogP contribution in [-0.2, 0) is 9.53 Å². The molecule has 0 aromatic heterocycles. The molecule has 0 unspecified atom stereocenters. The summed E-state index contributed by atoms with van der Waals surface area (Å²) >= 11 is 0. The number of rotatable bonds is 4. The van der Waals surface area contributed by atoms with E-state index in [-0.39, 0.29) is 18.5 Å². The van der Waals surface area contributed by atoms with Gasteiger partial charge >= 0.3 is 0 Å². The number of carbonyl (C=O) groups is 1. The second kappa shape index (κ2) is 7.70. The summed E-state index contributed by atoms with van der Waals surface area (Å²) in [5.41, 5.74) is 1.02. The Morgan fingerprint density at radius 1 is 1.22 bits per heavy atom. The zero-order valence-electron chi connectivity index (χ0n) is 11.2. The van der Waals surface area contributed by atoms with E-state index in [1.54, 1.807) is 0 Å². The lowest BCUT2D eigenvalue weighted by atomic mass is 9.97. The number of ether oxygens (including phenoxy) is 1. The molecule has 0 amide bonds. The van der Waals surface area contributed by atoms with Gasteiger partial charge in [-0.05, 0) is 57.2 Å². The maximum atomic E-state index is 12.1. The van der Waals surface area contributed by atoms with Crippen molar-refractivity contribution in [1.29, 1.82) is 0 Å². The Bertz CT molecular complexity index is 293. The first-order valence-electron chi connectivity index (χ1n) is 7.41. The van der Waals surface area contributed by atoms with E-state index in [0.717, 1.165) is 50.8 Å². The zero-order valence-corrected chi connectivity index (χ0v) is 11.2. The van der Waals surface area contributed by atoms with E-state index in [2.05, 4.69) is 11.4 Å². The van der Waals surface area contributed by atoms with Gasteiger partial charge in [0.2, 0.25) is 0 Å². The molecule has 2 aliphatic rings. The first-order valence-corrected chi connectivity index (χ1v) is 7.41. The van der Waals surface area contributed by atoms with Crippen LogP contribution in [-0.4, -0.2) is 31.6 Å². The molecule has 0 atom stereocenters. The molecular formula is C15H25NO2. The normalized spacial score (nSPS) is 23.0. The summed E-state index contributed by atoms with van der Waals surface area (Å²) in [4.78, 5) is 12.1. The fourth-order valence-corrected chi connectivity index (χ4v) is 2.69. The van der Waals surface area contributed by atoms with Crippen molar-refractivity contribution in [3.63, 3.8) is 0 Å². The first kappa shape index (κ1) is 13.8. The summed E-state index contributed by atoms with van der Waals surface area (Å²) < 4.78 is 5.74. The Balaban J connectivity index is 1.75. The van der Waals surface area contributed by atoms with Gasteiger partial charge in [-0.1, -0.05) is 18.9 Å². The van der Waals surface area contributed by atoms with Crippen molar-refractivity contribution < 1.29 is 9.53 Å². The number of allylic oxidation sites excluding steroid dienone is 1. The molecule has 1 N–H and O–H groups in total. The van der Waals surface area contributed by atoms with Gasteiger partial charge in [-0.3, -0.25) is 4.79 Å². The smallest absolute Gasteiger partial charge is 0.184 e. The van der Waals surface area contributed by atoms with E-state index in [9.17, 15) is 4.79 Å². The highest BCUT2D eigenvalue weighted by Gasteiger charge is 2.16. The van der Waals surface area contributed by atoms with Crippen LogP contribution in [0.15, 0.2) is 11.6 Å². The van der Waals surface area contributed by atoms with Crippen molar-refractivity contribution in [3.8, 4) is 0 Å². The minimum Gasteiger partial charge on any atom is -0.370 e. The fraction of sp³-hybridized carbons (Fsp3) is 0.800. The lowest BCUT2D eigenvalue weighted by Gasteiger charge is -2.23. The summed E-state index contributed by atoms with van der Waals surface area (Å²) in [5.74, 6) is 0.218. The summed E-state index contributed by atoms with van der Waals surface area (Å²) in [7, 11) is 0. The summed E-state index contributed by atoms with van der Waals surface area (Å²) in [5, 5.41) is 3.30. The van der Waals surface area contributed by atoms with Gasteiger partial charge in [-0.2, -0.15) is 0 Å². The summed E-state index contributed by atoms with van der Waals surface area (Å²) in [6.07, 6.45) is 11.5. The molecule has 0 saturated carbocycles. The van der Waals surface area contributed by atoms with Crippen LogP contribution in [0.25, 0.3) is 0 Å². The molecule has 0 aromatic rings. The van der Waals surface area contributed by atoms with Crippen molar-refractivity contribution in [2.75, 3.05) is 19.7 Å². The van der Waals surface area contributed by atoms with Gasteiger partial charge in [0.05, 0.1) is 6.10 Å². The molecule has 1 saturated heterocycles. The van der Waals surface area contributed by atoms with E-state index in [1.165, 1.54) is 19.3 Å². The van der Waals surface area contributed by atoms with Gasteiger partial charge < -0.3 is 10.1 Å². The van der Waals surface area contributed by atoms with Gasteiger partial charge in [0.15, 0.2) is 5.78 Å². The lowest BCUT2D eigenvalue weighted by Crippen LogP contribution is -2.33. The number of nitrogens with one attached hydrogen (secondary N) is 1. The SMILES string of the molecule is O=C(COC1CCNCC1)C1=CCCCCCC1.